The van der Waals surface area contributed by atoms with Gasteiger partial charge < -0.3 is 10.6 Å². The summed E-state index contributed by atoms with van der Waals surface area (Å²) in [6.45, 7) is 8.05. The van der Waals surface area contributed by atoms with E-state index in [1.807, 2.05) is 45.9 Å². The maximum absolute atomic E-state index is 12.3. The second kappa shape index (κ2) is 6.44. The third kappa shape index (κ3) is 4.53. The molecule has 0 spiro atoms. The summed E-state index contributed by atoms with van der Waals surface area (Å²) in [4.78, 5) is 20.5. The van der Waals surface area contributed by atoms with E-state index in [0.29, 0.717) is 11.5 Å². The van der Waals surface area contributed by atoms with Crippen LogP contribution in [0.25, 0.3) is 0 Å². The fourth-order valence-electron chi connectivity index (χ4n) is 1.85. The molecule has 0 bridgehead atoms. The van der Waals surface area contributed by atoms with Crippen molar-refractivity contribution in [2.45, 2.75) is 33.2 Å². The molecule has 0 fully saturated rings. The molecular formula is C16H19BrN4O. The number of anilines is 2. The maximum Gasteiger partial charge on any atom is 0.274 e. The van der Waals surface area contributed by atoms with Crippen LogP contribution in [0.3, 0.4) is 0 Å². The molecule has 2 rings (SSSR count). The third-order valence-corrected chi connectivity index (χ3v) is 3.71. The van der Waals surface area contributed by atoms with Crippen molar-refractivity contribution in [2.75, 3.05) is 10.6 Å². The Balaban J connectivity index is 2.15. The molecule has 1 heterocycles. The van der Waals surface area contributed by atoms with Crippen molar-refractivity contribution in [3.63, 3.8) is 0 Å². The molecule has 22 heavy (non-hydrogen) atoms. The molecule has 6 heteroatoms. The lowest BCUT2D eigenvalue weighted by Gasteiger charge is -2.21. The average molecular weight is 363 g/mol. The SMILES string of the molecule is Cc1cc(NC(=O)c2cc(NC(C)(C)C)ncn2)ccc1Br. The summed E-state index contributed by atoms with van der Waals surface area (Å²) in [5.41, 5.74) is 1.97. The number of hydrogen-bond donors (Lipinski definition) is 2. The zero-order valence-electron chi connectivity index (χ0n) is 13.1. The second-order valence-corrected chi connectivity index (χ2v) is 6.94. The van der Waals surface area contributed by atoms with E-state index in [4.69, 9.17) is 0 Å². The molecule has 0 aliphatic heterocycles. The van der Waals surface area contributed by atoms with Crippen molar-refractivity contribution in [1.82, 2.24) is 9.97 Å². The smallest absolute Gasteiger partial charge is 0.274 e. The number of carbonyl (C=O) groups excluding carboxylic acids is 1. The first-order chi connectivity index (χ1) is 10.2. The van der Waals surface area contributed by atoms with E-state index in [0.717, 1.165) is 15.7 Å². The van der Waals surface area contributed by atoms with Crippen LogP contribution in [0.15, 0.2) is 35.1 Å². The predicted octanol–water partition coefficient (Wildman–Crippen LogP) is 4.01. The van der Waals surface area contributed by atoms with Gasteiger partial charge in [0.1, 0.15) is 17.8 Å². The number of halogens is 1. The summed E-state index contributed by atoms with van der Waals surface area (Å²) in [6, 6.07) is 7.28. The van der Waals surface area contributed by atoms with Gasteiger partial charge in [-0.25, -0.2) is 9.97 Å². The molecule has 0 radical (unpaired) electrons. The number of aromatic nitrogens is 2. The van der Waals surface area contributed by atoms with Gasteiger partial charge in [0.05, 0.1) is 0 Å². The molecule has 0 saturated heterocycles. The first-order valence-corrected chi connectivity index (χ1v) is 7.72. The highest BCUT2D eigenvalue weighted by molar-refractivity contribution is 9.10. The number of nitrogens with zero attached hydrogens (tertiary/aromatic N) is 2. The lowest BCUT2D eigenvalue weighted by atomic mass is 10.1. The van der Waals surface area contributed by atoms with E-state index in [-0.39, 0.29) is 11.4 Å². The lowest BCUT2D eigenvalue weighted by Crippen LogP contribution is -2.27. The lowest BCUT2D eigenvalue weighted by molar-refractivity contribution is 0.102. The van der Waals surface area contributed by atoms with Crippen LogP contribution in [0.2, 0.25) is 0 Å². The van der Waals surface area contributed by atoms with Crippen LogP contribution in [-0.2, 0) is 0 Å². The number of hydrogen-bond acceptors (Lipinski definition) is 4. The van der Waals surface area contributed by atoms with Crippen LogP contribution >= 0.6 is 15.9 Å². The van der Waals surface area contributed by atoms with E-state index in [1.54, 1.807) is 6.07 Å². The van der Waals surface area contributed by atoms with Gasteiger partial charge in [0.25, 0.3) is 5.91 Å². The highest BCUT2D eigenvalue weighted by atomic mass is 79.9. The summed E-state index contributed by atoms with van der Waals surface area (Å²) in [5.74, 6) is 0.362. The monoisotopic (exact) mass is 362 g/mol. The molecule has 116 valence electrons. The Morgan fingerprint density at radius 2 is 1.91 bits per heavy atom. The van der Waals surface area contributed by atoms with E-state index < -0.39 is 0 Å². The molecular weight excluding hydrogens is 344 g/mol. The Labute approximate surface area is 138 Å². The van der Waals surface area contributed by atoms with Gasteiger partial charge in [0.2, 0.25) is 0 Å². The zero-order valence-corrected chi connectivity index (χ0v) is 14.7. The van der Waals surface area contributed by atoms with Gasteiger partial charge in [-0.05, 0) is 51.5 Å². The molecule has 2 N–H and O–H groups in total. The number of nitrogens with one attached hydrogen (secondary N) is 2. The zero-order chi connectivity index (χ0) is 16.3. The van der Waals surface area contributed by atoms with Crippen LogP contribution in [0.1, 0.15) is 36.8 Å². The van der Waals surface area contributed by atoms with Gasteiger partial charge >= 0.3 is 0 Å². The summed E-state index contributed by atoms with van der Waals surface area (Å²) in [7, 11) is 0. The Kier molecular flexibility index (Phi) is 4.81. The van der Waals surface area contributed by atoms with Gasteiger partial charge in [-0.2, -0.15) is 0 Å². The number of carbonyl (C=O) groups is 1. The number of aryl methyl sites for hydroxylation is 1. The minimum Gasteiger partial charge on any atom is -0.365 e. The quantitative estimate of drug-likeness (QED) is 0.865. The van der Waals surface area contributed by atoms with Gasteiger partial charge in [-0.15, -0.1) is 0 Å². The van der Waals surface area contributed by atoms with Crippen molar-refractivity contribution < 1.29 is 4.79 Å². The van der Waals surface area contributed by atoms with Crippen LogP contribution in [-0.4, -0.2) is 21.4 Å². The topological polar surface area (TPSA) is 66.9 Å². The Morgan fingerprint density at radius 3 is 2.55 bits per heavy atom. The number of rotatable bonds is 3. The van der Waals surface area contributed by atoms with Gasteiger partial charge in [-0.1, -0.05) is 15.9 Å². The molecule has 2 aromatic rings. The van der Waals surface area contributed by atoms with Crippen LogP contribution in [0.5, 0.6) is 0 Å². The fourth-order valence-corrected chi connectivity index (χ4v) is 2.10. The Bertz CT molecular complexity index is 695. The molecule has 1 aromatic heterocycles. The van der Waals surface area contributed by atoms with Crippen LogP contribution in [0, 0.1) is 6.92 Å². The number of benzene rings is 1. The molecule has 0 aliphatic rings. The highest BCUT2D eigenvalue weighted by Gasteiger charge is 2.13. The van der Waals surface area contributed by atoms with Gasteiger partial charge in [-0.3, -0.25) is 4.79 Å². The minimum atomic E-state index is -0.263. The Hall–Kier alpha value is -1.95. The molecule has 0 unspecified atom stereocenters. The predicted molar refractivity (Wildman–Crippen MR) is 92.2 cm³/mol. The summed E-state index contributed by atoms with van der Waals surface area (Å²) in [5, 5.41) is 6.06. The molecule has 1 aromatic carbocycles. The number of amides is 1. The normalized spacial score (nSPS) is 11.1. The van der Waals surface area contributed by atoms with Crippen molar-refractivity contribution in [1.29, 1.82) is 0 Å². The first kappa shape index (κ1) is 16.4. The molecule has 0 saturated carbocycles. The van der Waals surface area contributed by atoms with E-state index in [2.05, 4.69) is 36.5 Å². The van der Waals surface area contributed by atoms with Crippen molar-refractivity contribution >= 4 is 33.3 Å². The van der Waals surface area contributed by atoms with E-state index in [1.165, 1.54) is 6.33 Å². The first-order valence-electron chi connectivity index (χ1n) is 6.92. The summed E-state index contributed by atoms with van der Waals surface area (Å²) in [6.07, 6.45) is 1.38. The Morgan fingerprint density at radius 1 is 1.18 bits per heavy atom. The van der Waals surface area contributed by atoms with Crippen LogP contribution in [0.4, 0.5) is 11.5 Å². The largest absolute Gasteiger partial charge is 0.365 e. The van der Waals surface area contributed by atoms with Crippen molar-refractivity contribution in [2.24, 2.45) is 0 Å². The molecule has 1 amide bonds. The molecule has 0 aliphatic carbocycles. The van der Waals surface area contributed by atoms with E-state index >= 15 is 0 Å². The summed E-state index contributed by atoms with van der Waals surface area (Å²) < 4.78 is 1.00. The minimum absolute atomic E-state index is 0.134. The highest BCUT2D eigenvalue weighted by Crippen LogP contribution is 2.20. The van der Waals surface area contributed by atoms with Gasteiger partial charge in [0, 0.05) is 21.8 Å². The molecule has 0 atom stereocenters. The second-order valence-electron chi connectivity index (χ2n) is 6.08. The average Bonchev–Trinajstić information content (AvgIpc) is 2.41. The van der Waals surface area contributed by atoms with Crippen molar-refractivity contribution in [3.05, 3.63) is 46.3 Å². The molecule has 5 nitrogen and oxygen atoms in total. The fraction of sp³-hybridized carbons (Fsp3) is 0.312. The summed E-state index contributed by atoms with van der Waals surface area (Å²) >= 11 is 3.44. The van der Waals surface area contributed by atoms with E-state index in [9.17, 15) is 4.79 Å². The van der Waals surface area contributed by atoms with Gasteiger partial charge in [0.15, 0.2) is 0 Å². The van der Waals surface area contributed by atoms with Crippen molar-refractivity contribution in [3.8, 4) is 0 Å². The standard InChI is InChI=1S/C16H19BrN4O/c1-10-7-11(5-6-12(10)17)20-15(22)13-8-14(19-9-18-13)21-16(2,3)4/h5-9H,1-4H3,(H,20,22)(H,18,19,21). The van der Waals surface area contributed by atoms with Crippen LogP contribution < -0.4 is 10.6 Å². The third-order valence-electron chi connectivity index (χ3n) is 2.82. The maximum atomic E-state index is 12.3.